The fraction of sp³-hybridized carbons (Fsp3) is 0.588. The molecule has 0 aromatic heterocycles. The molecule has 0 radical (unpaired) electrons. The van der Waals surface area contributed by atoms with Crippen LogP contribution in [0.25, 0.3) is 0 Å². The van der Waals surface area contributed by atoms with E-state index in [0.717, 1.165) is 5.56 Å². The van der Waals surface area contributed by atoms with Crippen molar-refractivity contribution >= 4 is 5.78 Å². The number of carbonyl (C=O) groups excluding carboxylic acids is 1. The van der Waals surface area contributed by atoms with Crippen molar-refractivity contribution < 1.29 is 9.90 Å². The van der Waals surface area contributed by atoms with Gasteiger partial charge in [0, 0.05) is 19.0 Å². The summed E-state index contributed by atoms with van der Waals surface area (Å²) < 4.78 is 0. The highest BCUT2D eigenvalue weighted by atomic mass is 16.3. The van der Waals surface area contributed by atoms with E-state index in [0.29, 0.717) is 25.6 Å². The van der Waals surface area contributed by atoms with Crippen LogP contribution in [0.4, 0.5) is 0 Å². The molecule has 1 aliphatic carbocycles. The number of rotatable bonds is 7. The van der Waals surface area contributed by atoms with Gasteiger partial charge < -0.3 is 5.11 Å². The van der Waals surface area contributed by atoms with Crippen LogP contribution in [0.3, 0.4) is 0 Å². The first-order valence-electron chi connectivity index (χ1n) is 7.70. The average Bonchev–Trinajstić information content (AvgIpc) is 2.49. The molecule has 0 bridgehead atoms. The van der Waals surface area contributed by atoms with Gasteiger partial charge in [-0.05, 0) is 18.4 Å². The topological polar surface area (TPSA) is 40.5 Å². The summed E-state index contributed by atoms with van der Waals surface area (Å²) >= 11 is 0. The lowest BCUT2D eigenvalue weighted by atomic mass is 9.94. The summed E-state index contributed by atoms with van der Waals surface area (Å²) in [6, 6.07) is 10.4. The molecule has 110 valence electrons. The predicted octanol–water partition coefficient (Wildman–Crippen LogP) is 2.43. The van der Waals surface area contributed by atoms with Gasteiger partial charge in [0.1, 0.15) is 0 Å². The van der Waals surface area contributed by atoms with Gasteiger partial charge in [-0.25, -0.2) is 0 Å². The molecule has 1 fully saturated rings. The van der Waals surface area contributed by atoms with E-state index in [1.807, 2.05) is 30.3 Å². The summed E-state index contributed by atoms with van der Waals surface area (Å²) in [6.07, 6.45) is 6.63. The van der Waals surface area contributed by atoms with Gasteiger partial charge in [-0.2, -0.15) is 0 Å². The number of hydrogen-bond acceptors (Lipinski definition) is 3. The molecule has 0 heterocycles. The largest absolute Gasteiger partial charge is 0.395 e. The fourth-order valence-corrected chi connectivity index (χ4v) is 3.07. The first kappa shape index (κ1) is 15.2. The number of hydrogen-bond donors (Lipinski definition) is 1. The van der Waals surface area contributed by atoms with Crippen LogP contribution in [-0.4, -0.2) is 41.5 Å². The molecule has 1 saturated carbocycles. The van der Waals surface area contributed by atoms with Crippen molar-refractivity contribution in [1.82, 2.24) is 4.90 Å². The van der Waals surface area contributed by atoms with Crippen molar-refractivity contribution in [2.45, 2.75) is 44.6 Å². The van der Waals surface area contributed by atoms with Crippen LogP contribution in [-0.2, 0) is 11.2 Å². The normalized spacial score (nSPS) is 16.5. The highest BCUT2D eigenvalue weighted by Crippen LogP contribution is 2.22. The lowest BCUT2D eigenvalue weighted by molar-refractivity contribution is -0.120. The van der Waals surface area contributed by atoms with Crippen LogP contribution in [0.2, 0.25) is 0 Å². The second-order valence-electron chi connectivity index (χ2n) is 5.69. The van der Waals surface area contributed by atoms with Gasteiger partial charge in [-0.15, -0.1) is 0 Å². The average molecular weight is 275 g/mol. The standard InChI is InChI=1S/C17H25NO2/c19-12-11-18(16-9-5-2-6-10-16)14-17(20)13-15-7-3-1-4-8-15/h1,3-4,7-8,16,19H,2,5-6,9-14H2. The Morgan fingerprint density at radius 3 is 2.50 bits per heavy atom. The van der Waals surface area contributed by atoms with Gasteiger partial charge in [0.15, 0.2) is 5.78 Å². The Bertz CT molecular complexity index is 399. The number of ketones is 1. The fourth-order valence-electron chi connectivity index (χ4n) is 3.07. The lowest BCUT2D eigenvalue weighted by Crippen LogP contribution is -2.42. The van der Waals surface area contributed by atoms with E-state index in [1.54, 1.807) is 0 Å². The second-order valence-corrected chi connectivity index (χ2v) is 5.69. The minimum atomic E-state index is 0.134. The highest BCUT2D eigenvalue weighted by Gasteiger charge is 2.22. The van der Waals surface area contributed by atoms with Crippen LogP contribution < -0.4 is 0 Å². The molecule has 3 nitrogen and oxygen atoms in total. The van der Waals surface area contributed by atoms with Crippen LogP contribution in [0, 0.1) is 0 Å². The maximum absolute atomic E-state index is 12.2. The molecular formula is C17H25NO2. The molecule has 0 saturated heterocycles. The number of Topliss-reactive ketones (excluding diaryl/α,β-unsaturated/α-hetero) is 1. The van der Waals surface area contributed by atoms with E-state index in [2.05, 4.69) is 4.90 Å². The van der Waals surface area contributed by atoms with Crippen LogP contribution in [0.5, 0.6) is 0 Å². The van der Waals surface area contributed by atoms with E-state index in [9.17, 15) is 9.90 Å². The van der Waals surface area contributed by atoms with Crippen molar-refractivity contribution in [2.75, 3.05) is 19.7 Å². The summed E-state index contributed by atoms with van der Waals surface area (Å²) in [5.41, 5.74) is 1.07. The molecule has 1 aliphatic rings. The van der Waals surface area contributed by atoms with E-state index in [1.165, 1.54) is 32.1 Å². The van der Waals surface area contributed by atoms with Crippen LogP contribution in [0.1, 0.15) is 37.7 Å². The van der Waals surface area contributed by atoms with E-state index >= 15 is 0 Å². The van der Waals surface area contributed by atoms with Crippen molar-refractivity contribution in [3.63, 3.8) is 0 Å². The molecule has 0 atom stereocenters. The minimum Gasteiger partial charge on any atom is -0.395 e. The SMILES string of the molecule is O=C(Cc1ccccc1)CN(CCO)C1CCCCC1. The van der Waals surface area contributed by atoms with Gasteiger partial charge in [0.05, 0.1) is 13.2 Å². The quantitative estimate of drug-likeness (QED) is 0.831. The van der Waals surface area contributed by atoms with Crippen LogP contribution >= 0.6 is 0 Å². The van der Waals surface area contributed by atoms with Crippen molar-refractivity contribution in [1.29, 1.82) is 0 Å². The summed E-state index contributed by atoms with van der Waals surface area (Å²) in [4.78, 5) is 14.4. The summed E-state index contributed by atoms with van der Waals surface area (Å²) in [7, 11) is 0. The smallest absolute Gasteiger partial charge is 0.151 e. The number of carbonyl (C=O) groups is 1. The van der Waals surface area contributed by atoms with E-state index in [-0.39, 0.29) is 12.4 Å². The Morgan fingerprint density at radius 2 is 1.85 bits per heavy atom. The molecule has 0 amide bonds. The molecule has 0 unspecified atom stereocenters. The molecular weight excluding hydrogens is 250 g/mol. The van der Waals surface area contributed by atoms with Crippen molar-refractivity contribution in [3.05, 3.63) is 35.9 Å². The maximum atomic E-state index is 12.2. The van der Waals surface area contributed by atoms with Crippen molar-refractivity contribution in [2.24, 2.45) is 0 Å². The number of aliphatic hydroxyl groups is 1. The Morgan fingerprint density at radius 1 is 1.15 bits per heavy atom. The van der Waals surface area contributed by atoms with Crippen LogP contribution in [0.15, 0.2) is 30.3 Å². The Hall–Kier alpha value is -1.19. The monoisotopic (exact) mass is 275 g/mol. The number of benzene rings is 1. The Labute approximate surface area is 121 Å². The van der Waals surface area contributed by atoms with Gasteiger partial charge in [-0.3, -0.25) is 9.69 Å². The summed E-state index contributed by atoms with van der Waals surface area (Å²) in [5, 5.41) is 9.22. The molecule has 0 spiro atoms. The first-order valence-corrected chi connectivity index (χ1v) is 7.70. The van der Waals surface area contributed by atoms with Crippen molar-refractivity contribution in [3.8, 4) is 0 Å². The molecule has 1 aromatic rings. The second kappa shape index (κ2) is 8.18. The molecule has 0 aliphatic heterocycles. The zero-order valence-electron chi connectivity index (χ0n) is 12.1. The Balaban J connectivity index is 1.88. The minimum absolute atomic E-state index is 0.134. The lowest BCUT2D eigenvalue weighted by Gasteiger charge is -2.33. The van der Waals surface area contributed by atoms with E-state index in [4.69, 9.17) is 0 Å². The molecule has 2 rings (SSSR count). The molecule has 1 aromatic carbocycles. The van der Waals surface area contributed by atoms with Gasteiger partial charge >= 0.3 is 0 Å². The van der Waals surface area contributed by atoms with E-state index < -0.39 is 0 Å². The third-order valence-corrected chi connectivity index (χ3v) is 4.10. The third kappa shape index (κ3) is 4.73. The molecule has 3 heteroatoms. The van der Waals surface area contributed by atoms with Gasteiger partial charge in [0.25, 0.3) is 0 Å². The van der Waals surface area contributed by atoms with Gasteiger partial charge in [0.2, 0.25) is 0 Å². The number of nitrogens with zero attached hydrogens (tertiary/aromatic N) is 1. The number of aliphatic hydroxyl groups excluding tert-OH is 1. The first-order chi connectivity index (χ1) is 9.79. The third-order valence-electron chi connectivity index (χ3n) is 4.10. The highest BCUT2D eigenvalue weighted by molar-refractivity contribution is 5.82. The predicted molar refractivity (Wildman–Crippen MR) is 80.7 cm³/mol. The molecule has 1 N–H and O–H groups in total. The summed E-state index contributed by atoms with van der Waals surface area (Å²) in [5.74, 6) is 0.246. The zero-order valence-corrected chi connectivity index (χ0v) is 12.1. The Kier molecular flexibility index (Phi) is 6.22. The molecule has 20 heavy (non-hydrogen) atoms. The van der Waals surface area contributed by atoms with Gasteiger partial charge in [-0.1, -0.05) is 49.6 Å². The summed E-state index contributed by atoms with van der Waals surface area (Å²) in [6.45, 7) is 1.22. The maximum Gasteiger partial charge on any atom is 0.151 e. The zero-order chi connectivity index (χ0) is 14.2.